The lowest BCUT2D eigenvalue weighted by Gasteiger charge is -2.11. The number of nitrogens with zero attached hydrogens (tertiary/aromatic N) is 2. The number of benzene rings is 1. The van der Waals surface area contributed by atoms with Crippen LogP contribution in [-0.2, 0) is 11.3 Å². The van der Waals surface area contributed by atoms with Crippen LogP contribution < -0.4 is 10.6 Å². The number of carbonyl (C=O) groups excluding carboxylic acids is 1. The van der Waals surface area contributed by atoms with Crippen LogP contribution in [0.1, 0.15) is 18.4 Å². The third-order valence-corrected chi connectivity index (χ3v) is 4.53. The minimum atomic E-state index is -0.637. The van der Waals surface area contributed by atoms with Gasteiger partial charge in [0.05, 0.1) is 0 Å². The van der Waals surface area contributed by atoms with E-state index in [1.165, 1.54) is 10.5 Å². The van der Waals surface area contributed by atoms with Gasteiger partial charge in [0.25, 0.3) is 0 Å². The standard InChI is InChI=1S/C19H18F2N4O/c1-22-9-14-13(3-2-4-15(14)20)12-7-8-16-23-18(17(21)25(16)10-12)24-19(26)11-5-6-11/h2-4,7-8,10-11,22H,5-6,9H2,1H3,(H,24,26). The molecule has 134 valence electrons. The SMILES string of the molecule is CNCc1c(F)cccc1-c1ccc2nc(NC(=O)C3CC3)c(F)n2c1. The number of anilines is 1. The van der Waals surface area contributed by atoms with Crippen molar-refractivity contribution in [3.63, 3.8) is 0 Å². The van der Waals surface area contributed by atoms with Crippen molar-refractivity contribution >= 4 is 17.4 Å². The summed E-state index contributed by atoms with van der Waals surface area (Å²) in [4.78, 5) is 16.0. The van der Waals surface area contributed by atoms with Gasteiger partial charge in [-0.25, -0.2) is 9.37 Å². The van der Waals surface area contributed by atoms with Crippen LogP contribution in [0, 0.1) is 17.7 Å². The summed E-state index contributed by atoms with van der Waals surface area (Å²) in [5.41, 5.74) is 2.23. The maximum atomic E-state index is 14.7. The van der Waals surface area contributed by atoms with E-state index in [1.807, 2.05) is 0 Å². The summed E-state index contributed by atoms with van der Waals surface area (Å²) >= 11 is 0. The van der Waals surface area contributed by atoms with Gasteiger partial charge in [0.2, 0.25) is 11.9 Å². The number of rotatable bonds is 5. The molecule has 5 nitrogen and oxygen atoms in total. The van der Waals surface area contributed by atoms with Gasteiger partial charge in [-0.05, 0) is 49.2 Å². The molecule has 0 aliphatic heterocycles. The van der Waals surface area contributed by atoms with Crippen molar-refractivity contribution in [2.24, 2.45) is 5.92 Å². The molecule has 1 aromatic carbocycles. The Balaban J connectivity index is 1.75. The van der Waals surface area contributed by atoms with E-state index in [0.29, 0.717) is 28.9 Å². The Bertz CT molecular complexity index is 995. The number of imidazole rings is 1. The predicted octanol–water partition coefficient (Wildman–Crippen LogP) is 3.35. The van der Waals surface area contributed by atoms with Crippen LogP contribution in [0.5, 0.6) is 0 Å². The maximum Gasteiger partial charge on any atom is 0.242 e. The van der Waals surface area contributed by atoms with E-state index in [9.17, 15) is 13.6 Å². The van der Waals surface area contributed by atoms with Crippen molar-refractivity contribution < 1.29 is 13.6 Å². The molecule has 4 rings (SSSR count). The van der Waals surface area contributed by atoms with E-state index in [1.54, 1.807) is 37.5 Å². The van der Waals surface area contributed by atoms with Crippen molar-refractivity contribution in [1.29, 1.82) is 0 Å². The molecule has 7 heteroatoms. The average Bonchev–Trinajstić information content (AvgIpc) is 3.44. The van der Waals surface area contributed by atoms with E-state index >= 15 is 0 Å². The van der Waals surface area contributed by atoms with Crippen LogP contribution in [-0.4, -0.2) is 22.3 Å². The van der Waals surface area contributed by atoms with Crippen LogP contribution in [0.15, 0.2) is 36.5 Å². The number of halogens is 2. The summed E-state index contributed by atoms with van der Waals surface area (Å²) in [6, 6.07) is 8.24. The molecule has 1 amide bonds. The third kappa shape index (κ3) is 2.94. The summed E-state index contributed by atoms with van der Waals surface area (Å²) in [6.07, 6.45) is 3.23. The Hall–Kier alpha value is -2.80. The summed E-state index contributed by atoms with van der Waals surface area (Å²) in [6.45, 7) is 0.356. The second-order valence-electron chi connectivity index (χ2n) is 6.46. The number of amides is 1. The van der Waals surface area contributed by atoms with E-state index < -0.39 is 5.95 Å². The second-order valence-corrected chi connectivity index (χ2v) is 6.46. The Morgan fingerprint density at radius 2 is 2.08 bits per heavy atom. The van der Waals surface area contributed by atoms with Gasteiger partial charge in [0.1, 0.15) is 11.5 Å². The first kappa shape index (κ1) is 16.7. The van der Waals surface area contributed by atoms with Gasteiger partial charge in [0.15, 0.2) is 5.82 Å². The van der Waals surface area contributed by atoms with E-state index in [0.717, 1.165) is 12.8 Å². The molecule has 1 saturated carbocycles. The first-order valence-electron chi connectivity index (χ1n) is 8.49. The monoisotopic (exact) mass is 356 g/mol. The fraction of sp³-hybridized carbons (Fsp3) is 0.263. The van der Waals surface area contributed by atoms with E-state index in [2.05, 4.69) is 15.6 Å². The largest absolute Gasteiger partial charge is 0.316 e. The van der Waals surface area contributed by atoms with Gasteiger partial charge >= 0.3 is 0 Å². The molecule has 0 atom stereocenters. The highest BCUT2D eigenvalue weighted by atomic mass is 19.1. The summed E-state index contributed by atoms with van der Waals surface area (Å²) < 4.78 is 30.1. The van der Waals surface area contributed by atoms with Gasteiger partial charge in [0, 0.05) is 24.2 Å². The van der Waals surface area contributed by atoms with Crippen LogP contribution in [0.3, 0.4) is 0 Å². The predicted molar refractivity (Wildman–Crippen MR) is 94.7 cm³/mol. The zero-order chi connectivity index (χ0) is 18.3. The molecule has 0 bridgehead atoms. The Labute approximate surface area is 149 Å². The second kappa shape index (κ2) is 6.49. The zero-order valence-corrected chi connectivity index (χ0v) is 14.2. The van der Waals surface area contributed by atoms with Gasteiger partial charge in [-0.2, -0.15) is 4.39 Å². The molecule has 0 unspecified atom stereocenters. The number of fused-ring (bicyclic) bond motifs is 1. The number of carbonyl (C=O) groups is 1. The topological polar surface area (TPSA) is 58.4 Å². The lowest BCUT2D eigenvalue weighted by Crippen LogP contribution is -2.14. The van der Waals surface area contributed by atoms with Gasteiger partial charge < -0.3 is 10.6 Å². The molecule has 2 aromatic heterocycles. The number of pyridine rings is 1. The highest BCUT2D eigenvalue weighted by molar-refractivity contribution is 5.93. The first-order chi connectivity index (χ1) is 12.6. The van der Waals surface area contributed by atoms with Gasteiger partial charge in [-0.15, -0.1) is 0 Å². The molecule has 3 aromatic rings. The van der Waals surface area contributed by atoms with Crippen molar-refractivity contribution in [3.05, 3.63) is 53.9 Å². The average molecular weight is 356 g/mol. The maximum absolute atomic E-state index is 14.7. The molecule has 2 heterocycles. The number of nitrogens with one attached hydrogen (secondary N) is 2. The van der Waals surface area contributed by atoms with Crippen LogP contribution in [0.4, 0.5) is 14.6 Å². The highest BCUT2D eigenvalue weighted by Gasteiger charge is 2.31. The Morgan fingerprint density at radius 1 is 1.27 bits per heavy atom. The minimum Gasteiger partial charge on any atom is -0.316 e. The fourth-order valence-corrected chi connectivity index (χ4v) is 3.00. The number of hydrogen-bond donors (Lipinski definition) is 2. The number of aromatic nitrogens is 2. The lowest BCUT2D eigenvalue weighted by molar-refractivity contribution is -0.117. The fourth-order valence-electron chi connectivity index (χ4n) is 3.00. The first-order valence-corrected chi connectivity index (χ1v) is 8.49. The van der Waals surface area contributed by atoms with Gasteiger partial charge in [-0.1, -0.05) is 12.1 Å². The van der Waals surface area contributed by atoms with Crippen molar-refractivity contribution in [3.8, 4) is 11.1 Å². The molecule has 1 aliphatic rings. The molecule has 0 radical (unpaired) electrons. The zero-order valence-electron chi connectivity index (χ0n) is 14.2. The molecule has 26 heavy (non-hydrogen) atoms. The molecule has 1 fully saturated rings. The smallest absolute Gasteiger partial charge is 0.242 e. The van der Waals surface area contributed by atoms with Gasteiger partial charge in [-0.3, -0.25) is 9.20 Å². The van der Waals surface area contributed by atoms with Crippen LogP contribution in [0.25, 0.3) is 16.8 Å². The Kier molecular flexibility index (Phi) is 4.16. The van der Waals surface area contributed by atoms with Crippen LogP contribution >= 0.6 is 0 Å². The molecule has 2 N–H and O–H groups in total. The van der Waals surface area contributed by atoms with E-state index in [-0.39, 0.29) is 23.5 Å². The molecular weight excluding hydrogens is 338 g/mol. The summed E-state index contributed by atoms with van der Waals surface area (Å²) in [5.74, 6) is -1.27. The molecule has 1 aliphatic carbocycles. The molecular formula is C19H18F2N4O. The van der Waals surface area contributed by atoms with Crippen molar-refractivity contribution in [2.75, 3.05) is 12.4 Å². The summed E-state index contributed by atoms with van der Waals surface area (Å²) in [7, 11) is 1.74. The molecule has 0 spiro atoms. The number of hydrogen-bond acceptors (Lipinski definition) is 3. The van der Waals surface area contributed by atoms with Crippen molar-refractivity contribution in [2.45, 2.75) is 19.4 Å². The van der Waals surface area contributed by atoms with Crippen LogP contribution in [0.2, 0.25) is 0 Å². The normalized spacial score (nSPS) is 14.0. The lowest BCUT2D eigenvalue weighted by atomic mass is 10.0. The molecule has 0 saturated heterocycles. The quantitative estimate of drug-likeness (QED) is 0.737. The van der Waals surface area contributed by atoms with E-state index in [4.69, 9.17) is 0 Å². The highest BCUT2D eigenvalue weighted by Crippen LogP contribution is 2.31. The minimum absolute atomic E-state index is 0.0360. The Morgan fingerprint density at radius 3 is 2.81 bits per heavy atom. The van der Waals surface area contributed by atoms with Crippen molar-refractivity contribution in [1.82, 2.24) is 14.7 Å². The third-order valence-electron chi connectivity index (χ3n) is 4.53. The summed E-state index contributed by atoms with van der Waals surface area (Å²) in [5, 5.41) is 5.49.